The number of phosphoric ester groups is 1. The molecule has 0 aromatic rings. The van der Waals surface area contributed by atoms with Crippen LogP contribution in [0.5, 0.6) is 0 Å². The van der Waals surface area contributed by atoms with Gasteiger partial charge < -0.3 is 18.9 Å². The van der Waals surface area contributed by atoms with Crippen molar-refractivity contribution in [3.05, 3.63) is 109 Å². The third-order valence-corrected chi connectivity index (χ3v) is 14.8. The van der Waals surface area contributed by atoms with Crippen molar-refractivity contribution < 1.29 is 42.1 Å². The third-order valence-electron chi connectivity index (χ3n) is 13.8. The minimum Gasteiger partial charge on any atom is -0.462 e. The number of hydrogen-bond acceptors (Lipinski definition) is 7. The third kappa shape index (κ3) is 63.8. The molecule has 0 aliphatic rings. The maximum absolute atomic E-state index is 12.8. The SMILES string of the molecule is CC/C=C\C/C=C\C/C=C\C/C=C\C/C=C\C/C=C\C/C=C\C/C=C\C/C=C\CCCCCCCCCCCCCCCC(=O)OC(COC(=O)CCCCCCCCCCCCCCCCC)COP(=O)(O)OCC[N+](C)(C)C. The van der Waals surface area contributed by atoms with Crippen LogP contribution in [0.25, 0.3) is 0 Å². The molecule has 9 nitrogen and oxygen atoms in total. The van der Waals surface area contributed by atoms with Gasteiger partial charge in [0.25, 0.3) is 0 Å². The quantitative estimate of drug-likeness (QED) is 0.0211. The van der Waals surface area contributed by atoms with E-state index in [2.05, 4.69) is 123 Å². The Morgan fingerprint density at radius 2 is 0.713 bits per heavy atom. The molecule has 0 saturated carbocycles. The van der Waals surface area contributed by atoms with Gasteiger partial charge in [-0.2, -0.15) is 0 Å². The second-order valence-electron chi connectivity index (χ2n) is 22.8. The topological polar surface area (TPSA) is 108 Å². The van der Waals surface area contributed by atoms with Crippen molar-refractivity contribution in [3.8, 4) is 0 Å². The zero-order chi connectivity index (χ0) is 58.4. The van der Waals surface area contributed by atoms with Crippen LogP contribution in [-0.2, 0) is 32.7 Å². The Morgan fingerprint density at radius 1 is 0.400 bits per heavy atom. The molecule has 0 fully saturated rings. The van der Waals surface area contributed by atoms with Crippen LogP contribution in [0.3, 0.4) is 0 Å². The summed E-state index contributed by atoms with van der Waals surface area (Å²) in [5.41, 5.74) is 0. The average molecular weight is 1140 g/mol. The molecular formula is C70H123NO8P+. The number of phosphoric acid groups is 1. The van der Waals surface area contributed by atoms with Gasteiger partial charge in [-0.25, -0.2) is 4.57 Å². The second kappa shape index (κ2) is 60.3. The lowest BCUT2D eigenvalue weighted by Crippen LogP contribution is -2.37. The molecule has 0 aliphatic carbocycles. The van der Waals surface area contributed by atoms with E-state index in [-0.39, 0.29) is 32.0 Å². The van der Waals surface area contributed by atoms with E-state index in [0.29, 0.717) is 17.4 Å². The van der Waals surface area contributed by atoms with E-state index >= 15 is 0 Å². The van der Waals surface area contributed by atoms with Crippen LogP contribution < -0.4 is 0 Å². The van der Waals surface area contributed by atoms with Crippen LogP contribution in [0.15, 0.2) is 109 Å². The zero-order valence-electron chi connectivity index (χ0n) is 52.3. The van der Waals surface area contributed by atoms with Crippen LogP contribution in [0.1, 0.15) is 271 Å². The van der Waals surface area contributed by atoms with Gasteiger partial charge >= 0.3 is 19.8 Å². The molecule has 0 saturated heterocycles. The highest BCUT2D eigenvalue weighted by Crippen LogP contribution is 2.43. The summed E-state index contributed by atoms with van der Waals surface area (Å²) in [5.74, 6) is -0.793. The first-order chi connectivity index (χ1) is 39.0. The minimum atomic E-state index is -4.39. The van der Waals surface area contributed by atoms with E-state index < -0.39 is 26.5 Å². The number of rotatable bonds is 59. The summed E-state index contributed by atoms with van der Waals surface area (Å²) in [4.78, 5) is 35.7. The van der Waals surface area contributed by atoms with E-state index in [0.717, 1.165) is 96.3 Å². The lowest BCUT2D eigenvalue weighted by Gasteiger charge is -2.24. The number of carbonyl (C=O) groups is 2. The first kappa shape index (κ1) is 76.7. The van der Waals surface area contributed by atoms with Crippen molar-refractivity contribution in [2.75, 3.05) is 47.5 Å². The number of esters is 2. The Balaban J connectivity index is 4.02. The molecule has 2 atom stereocenters. The van der Waals surface area contributed by atoms with Crippen LogP contribution >= 0.6 is 7.82 Å². The number of quaternary nitrogens is 1. The molecule has 10 heteroatoms. The van der Waals surface area contributed by atoms with Crippen LogP contribution in [-0.4, -0.2) is 74.9 Å². The summed E-state index contributed by atoms with van der Waals surface area (Å²) in [6.07, 6.45) is 84.6. The fourth-order valence-electron chi connectivity index (χ4n) is 8.83. The van der Waals surface area contributed by atoms with Gasteiger partial charge in [0.05, 0.1) is 27.7 Å². The summed E-state index contributed by atoms with van der Waals surface area (Å²) in [7, 11) is 1.48. The predicted molar refractivity (Wildman–Crippen MR) is 344 cm³/mol. The normalized spacial score (nSPS) is 13.9. The van der Waals surface area contributed by atoms with E-state index in [1.807, 2.05) is 21.1 Å². The van der Waals surface area contributed by atoms with E-state index in [1.165, 1.54) is 141 Å². The lowest BCUT2D eigenvalue weighted by molar-refractivity contribution is -0.870. The predicted octanol–water partition coefficient (Wildman–Crippen LogP) is 20.9. The lowest BCUT2D eigenvalue weighted by atomic mass is 10.0. The number of likely N-dealkylation sites (N-methyl/N-ethyl adjacent to an activating group) is 1. The Morgan fingerprint density at radius 3 is 1.06 bits per heavy atom. The summed E-state index contributed by atoms with van der Waals surface area (Å²) in [6.45, 7) is 4.33. The number of hydrogen-bond donors (Lipinski definition) is 1. The Labute approximate surface area is 493 Å². The fourth-order valence-corrected chi connectivity index (χ4v) is 9.57. The molecule has 0 amide bonds. The number of nitrogens with zero attached hydrogens (tertiary/aromatic N) is 1. The standard InChI is InChI=1S/C70H122NO8P/c1-6-8-10-12-14-16-18-20-22-23-24-25-26-27-28-29-30-31-32-33-34-35-36-37-38-39-40-41-42-43-44-45-46-47-49-51-53-55-57-59-61-63-70(73)79-68(67-78-80(74,75)77-65-64-71(3,4)5)66-76-69(72)62-60-58-56-54-52-50-48-21-19-17-15-13-11-9-7-2/h8,10,14,16,20,22,24-25,27-28,30-31,33-34,36-37,39-40,68H,6-7,9,11-13,15,17-19,21,23,26,29,32,35,38,41-67H2,1-5H3/p+1/b10-8-,16-14-,22-20-,25-24-,28-27-,31-30-,34-33-,37-36-,40-39-. The Hall–Kier alpha value is -3.33. The summed E-state index contributed by atoms with van der Waals surface area (Å²) in [6, 6.07) is 0. The number of unbranched alkanes of at least 4 members (excludes halogenated alkanes) is 27. The fraction of sp³-hybridized carbons (Fsp3) is 0.714. The molecule has 0 aromatic carbocycles. The molecule has 80 heavy (non-hydrogen) atoms. The molecule has 1 N–H and O–H groups in total. The summed E-state index contributed by atoms with van der Waals surface area (Å²) >= 11 is 0. The van der Waals surface area contributed by atoms with Crippen molar-refractivity contribution in [2.45, 2.75) is 277 Å². The van der Waals surface area contributed by atoms with Gasteiger partial charge in [-0.3, -0.25) is 18.6 Å². The van der Waals surface area contributed by atoms with Crippen LogP contribution in [0.2, 0.25) is 0 Å². The first-order valence-electron chi connectivity index (χ1n) is 32.6. The van der Waals surface area contributed by atoms with Gasteiger partial charge in [-0.15, -0.1) is 0 Å². The van der Waals surface area contributed by atoms with Crippen LogP contribution in [0, 0.1) is 0 Å². The maximum atomic E-state index is 12.8. The summed E-state index contributed by atoms with van der Waals surface area (Å²) < 4.78 is 34.6. The smallest absolute Gasteiger partial charge is 0.462 e. The van der Waals surface area contributed by atoms with Crippen molar-refractivity contribution in [2.24, 2.45) is 0 Å². The maximum Gasteiger partial charge on any atom is 0.472 e. The van der Waals surface area contributed by atoms with Gasteiger partial charge in [0.2, 0.25) is 0 Å². The van der Waals surface area contributed by atoms with Gasteiger partial charge in [-0.1, -0.05) is 284 Å². The highest BCUT2D eigenvalue weighted by atomic mass is 31.2. The molecule has 0 heterocycles. The zero-order valence-corrected chi connectivity index (χ0v) is 53.2. The molecule has 460 valence electrons. The Kier molecular flexibility index (Phi) is 57.8. The van der Waals surface area contributed by atoms with Crippen molar-refractivity contribution in [1.29, 1.82) is 0 Å². The number of ether oxygens (including phenoxy) is 2. The van der Waals surface area contributed by atoms with Gasteiger partial charge in [0, 0.05) is 12.8 Å². The van der Waals surface area contributed by atoms with Crippen molar-refractivity contribution in [3.63, 3.8) is 0 Å². The highest BCUT2D eigenvalue weighted by Gasteiger charge is 2.27. The molecule has 0 aliphatic heterocycles. The molecule has 0 radical (unpaired) electrons. The van der Waals surface area contributed by atoms with Gasteiger partial charge in [0.15, 0.2) is 6.10 Å². The van der Waals surface area contributed by atoms with E-state index in [1.54, 1.807) is 0 Å². The highest BCUT2D eigenvalue weighted by molar-refractivity contribution is 7.47. The van der Waals surface area contributed by atoms with E-state index in [9.17, 15) is 19.0 Å². The molecule has 2 unspecified atom stereocenters. The van der Waals surface area contributed by atoms with E-state index in [4.69, 9.17) is 18.5 Å². The number of carbonyl (C=O) groups excluding carboxylic acids is 2. The van der Waals surface area contributed by atoms with Crippen molar-refractivity contribution in [1.82, 2.24) is 0 Å². The largest absolute Gasteiger partial charge is 0.472 e. The molecule has 0 rings (SSSR count). The minimum absolute atomic E-state index is 0.0297. The molecule has 0 aromatic heterocycles. The molecular weight excluding hydrogens is 1010 g/mol. The van der Waals surface area contributed by atoms with Gasteiger partial charge in [0.1, 0.15) is 19.8 Å². The molecule has 0 bridgehead atoms. The van der Waals surface area contributed by atoms with Gasteiger partial charge in [-0.05, 0) is 83.5 Å². The average Bonchev–Trinajstić information content (AvgIpc) is 3.42. The van der Waals surface area contributed by atoms with Crippen LogP contribution in [0.4, 0.5) is 0 Å². The molecule has 0 spiro atoms. The number of allylic oxidation sites excluding steroid dienone is 18. The Bertz CT molecular complexity index is 1720. The van der Waals surface area contributed by atoms with Crippen molar-refractivity contribution >= 4 is 19.8 Å². The monoisotopic (exact) mass is 1140 g/mol. The summed E-state index contributed by atoms with van der Waals surface area (Å²) in [5, 5.41) is 0. The first-order valence-corrected chi connectivity index (χ1v) is 34.1. The second-order valence-corrected chi connectivity index (χ2v) is 24.2.